The lowest BCUT2D eigenvalue weighted by Crippen LogP contribution is -2.29. The average Bonchev–Trinajstić information content (AvgIpc) is 2.17. The van der Waals surface area contributed by atoms with Gasteiger partial charge in [0.1, 0.15) is 0 Å². The summed E-state index contributed by atoms with van der Waals surface area (Å²) in [4.78, 5) is 18.3. The Morgan fingerprint density at radius 2 is 1.86 bits per heavy atom. The van der Waals surface area contributed by atoms with E-state index in [-0.39, 0.29) is 11.2 Å². The molecule has 14 heavy (non-hydrogen) atoms. The Kier molecular flexibility index (Phi) is 2.88. The fourth-order valence-corrected chi connectivity index (χ4v) is 1.23. The summed E-state index contributed by atoms with van der Waals surface area (Å²) in [5.41, 5.74) is 0.0691. The van der Waals surface area contributed by atoms with Crippen LogP contribution in [0.5, 0.6) is 0 Å². The number of rotatable bonds is 1. The summed E-state index contributed by atoms with van der Waals surface area (Å²) < 4.78 is 0. The summed E-state index contributed by atoms with van der Waals surface area (Å²) in [6.07, 6.45) is 0. The first-order valence-electron chi connectivity index (χ1n) is 3.91. The van der Waals surface area contributed by atoms with Crippen LogP contribution < -0.4 is 10.7 Å². The molecule has 1 aliphatic rings. The molecule has 1 aliphatic heterocycles. The van der Waals surface area contributed by atoms with Gasteiger partial charge in [-0.1, -0.05) is 0 Å². The van der Waals surface area contributed by atoms with E-state index in [4.69, 9.17) is 0 Å². The molecule has 0 aromatic heterocycles. The van der Waals surface area contributed by atoms with Crippen molar-refractivity contribution in [3.8, 4) is 0 Å². The Morgan fingerprint density at radius 3 is 2.50 bits per heavy atom. The van der Waals surface area contributed by atoms with Crippen molar-refractivity contribution >= 4 is 5.69 Å². The van der Waals surface area contributed by atoms with Crippen molar-refractivity contribution in [2.45, 2.75) is 0 Å². The largest absolute Gasteiger partial charge is 0.412 e. The van der Waals surface area contributed by atoms with Crippen LogP contribution in [0.1, 0.15) is 0 Å². The number of non-ortho nitro benzene ring substituents is 1. The molecule has 0 aliphatic carbocycles. The number of nitrogens with zero attached hydrogens (tertiary/aromatic N) is 3. The highest BCUT2D eigenvalue weighted by Crippen LogP contribution is 2.03. The minimum Gasteiger partial charge on any atom is -0.412 e. The van der Waals surface area contributed by atoms with E-state index in [0.717, 1.165) is 5.36 Å². The molecule has 0 amide bonds. The van der Waals surface area contributed by atoms with Gasteiger partial charge in [0.15, 0.2) is 0 Å². The zero-order valence-corrected chi connectivity index (χ0v) is 7.30. The monoisotopic (exact) mass is 195 g/mol. The molecule has 0 saturated heterocycles. The van der Waals surface area contributed by atoms with Crippen LogP contribution in [0.4, 0.5) is 5.69 Å². The molecule has 0 saturated carbocycles. The van der Waals surface area contributed by atoms with Crippen molar-refractivity contribution in [3.63, 3.8) is 0 Å². The number of benzene rings is 1. The van der Waals surface area contributed by atoms with Gasteiger partial charge in [-0.2, -0.15) is 0 Å². The van der Waals surface area contributed by atoms with E-state index < -0.39 is 4.92 Å². The Balaban J connectivity index is 0.000000980. The number of hydrogen-bond donors (Lipinski definition) is 0. The molecule has 2 N–H and O–H groups in total. The van der Waals surface area contributed by atoms with E-state index in [1.807, 2.05) is 0 Å². The molecule has 0 atom stereocenters. The zero-order valence-electron chi connectivity index (χ0n) is 7.30. The highest BCUT2D eigenvalue weighted by atomic mass is 16.6. The Hall–Kier alpha value is -1.82. The van der Waals surface area contributed by atoms with Crippen LogP contribution in [0.15, 0.2) is 28.2 Å². The van der Waals surface area contributed by atoms with Crippen molar-refractivity contribution in [2.24, 2.45) is 9.98 Å². The van der Waals surface area contributed by atoms with Crippen LogP contribution in [0, 0.1) is 10.1 Å². The molecule has 0 spiro atoms. The predicted octanol–water partition coefficient (Wildman–Crippen LogP) is -0.977. The smallest absolute Gasteiger partial charge is 0.271 e. The third kappa shape index (κ3) is 1.74. The fraction of sp³-hybridized carbons (Fsp3) is 0.250. The maximum atomic E-state index is 10.4. The molecule has 0 radical (unpaired) electrons. The predicted molar refractivity (Wildman–Crippen MR) is 48.8 cm³/mol. The van der Waals surface area contributed by atoms with Gasteiger partial charge in [0, 0.05) is 12.1 Å². The quantitative estimate of drug-likeness (QED) is 0.425. The molecule has 1 heterocycles. The van der Waals surface area contributed by atoms with Gasteiger partial charge >= 0.3 is 0 Å². The first-order chi connectivity index (χ1) is 6.27. The van der Waals surface area contributed by atoms with Crippen LogP contribution in [0.3, 0.4) is 0 Å². The molecule has 0 bridgehead atoms. The van der Waals surface area contributed by atoms with Crippen LogP contribution in [0.2, 0.25) is 0 Å². The van der Waals surface area contributed by atoms with E-state index in [0.29, 0.717) is 18.4 Å². The molecule has 1 aromatic rings. The van der Waals surface area contributed by atoms with Gasteiger partial charge in [0.2, 0.25) is 0 Å². The summed E-state index contributed by atoms with van der Waals surface area (Å²) in [6, 6.07) is 4.54. The molecular weight excluding hydrogens is 186 g/mol. The third-order valence-corrected chi connectivity index (χ3v) is 1.83. The number of hydrogen-bond acceptors (Lipinski definition) is 4. The van der Waals surface area contributed by atoms with Crippen molar-refractivity contribution in [1.82, 2.24) is 0 Å². The maximum Gasteiger partial charge on any atom is 0.271 e. The minimum atomic E-state index is -0.426. The molecule has 6 heteroatoms. The highest BCUT2D eigenvalue weighted by Gasteiger charge is 2.05. The normalized spacial score (nSPS) is 12.9. The molecule has 1 aromatic carbocycles. The zero-order chi connectivity index (χ0) is 9.26. The van der Waals surface area contributed by atoms with Crippen LogP contribution in [0.25, 0.3) is 0 Å². The van der Waals surface area contributed by atoms with Gasteiger partial charge in [-0.25, -0.2) is 0 Å². The lowest BCUT2D eigenvalue weighted by atomic mass is 10.3. The summed E-state index contributed by atoms with van der Waals surface area (Å²) in [6.45, 7) is 1.29. The second-order valence-electron chi connectivity index (χ2n) is 2.69. The summed E-state index contributed by atoms with van der Waals surface area (Å²) in [5, 5.41) is 11.8. The Morgan fingerprint density at radius 1 is 1.21 bits per heavy atom. The van der Waals surface area contributed by atoms with Crippen molar-refractivity contribution in [1.29, 1.82) is 0 Å². The molecule has 0 unspecified atom stereocenters. The molecular formula is C8H9N3O3. The van der Waals surface area contributed by atoms with E-state index in [9.17, 15) is 10.1 Å². The molecule has 2 rings (SSSR count). The van der Waals surface area contributed by atoms with Gasteiger partial charge in [0.05, 0.1) is 28.7 Å². The van der Waals surface area contributed by atoms with E-state index >= 15 is 0 Å². The lowest BCUT2D eigenvalue weighted by Gasteiger charge is -1.98. The van der Waals surface area contributed by atoms with Crippen LogP contribution in [-0.2, 0) is 0 Å². The summed E-state index contributed by atoms with van der Waals surface area (Å²) >= 11 is 0. The molecule has 6 nitrogen and oxygen atoms in total. The third-order valence-electron chi connectivity index (χ3n) is 1.83. The summed E-state index contributed by atoms with van der Waals surface area (Å²) in [5.74, 6) is 0. The van der Waals surface area contributed by atoms with Gasteiger partial charge in [-0.15, -0.1) is 0 Å². The van der Waals surface area contributed by atoms with Gasteiger partial charge in [-0.05, 0) is 6.07 Å². The maximum absolute atomic E-state index is 10.4. The van der Waals surface area contributed by atoms with Gasteiger partial charge < -0.3 is 5.48 Å². The average molecular weight is 195 g/mol. The molecule has 0 fully saturated rings. The second-order valence-corrected chi connectivity index (χ2v) is 2.69. The second kappa shape index (κ2) is 3.93. The van der Waals surface area contributed by atoms with Crippen molar-refractivity contribution < 1.29 is 10.4 Å². The Bertz CT molecular complexity index is 469. The number of nitro benzene ring substituents is 1. The van der Waals surface area contributed by atoms with E-state index in [2.05, 4.69) is 9.98 Å². The SMILES string of the molecule is O.O=[N+]([O-])c1ccc2c(c1)=NCCN=2. The lowest BCUT2D eigenvalue weighted by molar-refractivity contribution is -0.385. The minimum absolute atomic E-state index is 0. The van der Waals surface area contributed by atoms with E-state index in [1.165, 1.54) is 12.1 Å². The number of fused-ring (bicyclic) bond motifs is 1. The van der Waals surface area contributed by atoms with Crippen molar-refractivity contribution in [2.75, 3.05) is 13.1 Å². The van der Waals surface area contributed by atoms with Crippen molar-refractivity contribution in [3.05, 3.63) is 39.0 Å². The van der Waals surface area contributed by atoms with Crippen LogP contribution in [-0.4, -0.2) is 23.5 Å². The van der Waals surface area contributed by atoms with Gasteiger partial charge in [0.25, 0.3) is 5.69 Å². The fourth-order valence-electron chi connectivity index (χ4n) is 1.23. The van der Waals surface area contributed by atoms with E-state index in [1.54, 1.807) is 6.07 Å². The summed E-state index contributed by atoms with van der Waals surface area (Å²) in [7, 11) is 0. The highest BCUT2D eigenvalue weighted by molar-refractivity contribution is 5.28. The molecule has 74 valence electrons. The van der Waals surface area contributed by atoms with Gasteiger partial charge in [-0.3, -0.25) is 20.1 Å². The standard InChI is InChI=1S/C8H7N3O2.H2O/c12-11(13)6-1-2-7-8(5-6)10-4-3-9-7;/h1-2,5H,3-4H2;1H2. The Labute approximate surface area is 79.1 Å². The number of nitro groups is 1. The first-order valence-corrected chi connectivity index (χ1v) is 3.91. The van der Waals surface area contributed by atoms with Crippen LogP contribution >= 0.6 is 0 Å². The topological polar surface area (TPSA) is 99.4 Å². The first kappa shape index (κ1) is 10.3.